The first kappa shape index (κ1) is 14.2. The van der Waals surface area contributed by atoms with Crippen LogP contribution in [0.2, 0.25) is 0 Å². The summed E-state index contributed by atoms with van der Waals surface area (Å²) in [5, 5.41) is 10.5. The van der Waals surface area contributed by atoms with Crippen LogP contribution in [-0.4, -0.2) is 5.11 Å². The van der Waals surface area contributed by atoms with E-state index in [1.54, 1.807) is 31.2 Å². The molecule has 1 unspecified atom stereocenters. The van der Waals surface area contributed by atoms with Gasteiger partial charge in [-0.2, -0.15) is 0 Å². The minimum Gasteiger partial charge on any atom is -0.385 e. The van der Waals surface area contributed by atoms with Crippen molar-refractivity contribution in [2.75, 3.05) is 0 Å². The minimum absolute atomic E-state index is 0.189. The maximum atomic E-state index is 13.4. The number of benzene rings is 2. The van der Waals surface area contributed by atoms with Gasteiger partial charge >= 0.3 is 0 Å². The Morgan fingerprint density at radius 2 is 1.84 bits per heavy atom. The van der Waals surface area contributed by atoms with Crippen molar-refractivity contribution in [3.05, 3.63) is 69.7 Å². The van der Waals surface area contributed by atoms with Crippen molar-refractivity contribution in [2.45, 2.75) is 18.9 Å². The number of rotatable bonds is 3. The first-order valence-electron chi connectivity index (χ1n) is 5.81. The fourth-order valence-corrected chi connectivity index (χ4v) is 2.39. The molecule has 0 fully saturated rings. The van der Waals surface area contributed by atoms with E-state index in [1.165, 1.54) is 18.2 Å². The number of hydrogen-bond acceptors (Lipinski definition) is 1. The molecule has 0 saturated heterocycles. The average molecular weight is 327 g/mol. The molecule has 0 saturated carbocycles. The van der Waals surface area contributed by atoms with Crippen LogP contribution in [0, 0.1) is 11.6 Å². The Bertz CT molecular complexity index is 596. The molecule has 2 aromatic carbocycles. The van der Waals surface area contributed by atoms with Gasteiger partial charge in [-0.05, 0) is 52.2 Å². The highest BCUT2D eigenvalue weighted by molar-refractivity contribution is 9.10. The Morgan fingerprint density at radius 1 is 1.16 bits per heavy atom. The summed E-state index contributed by atoms with van der Waals surface area (Å²) in [6.45, 7) is 1.58. The highest BCUT2D eigenvalue weighted by Crippen LogP contribution is 2.30. The van der Waals surface area contributed by atoms with Crippen molar-refractivity contribution in [1.82, 2.24) is 0 Å². The van der Waals surface area contributed by atoms with Crippen LogP contribution in [0.4, 0.5) is 8.78 Å². The molecule has 0 aliphatic heterocycles. The van der Waals surface area contributed by atoms with E-state index in [0.717, 1.165) is 0 Å². The molecule has 0 bridgehead atoms. The second-order valence-electron chi connectivity index (χ2n) is 4.67. The molecule has 2 aromatic rings. The normalized spacial score (nSPS) is 14.2. The van der Waals surface area contributed by atoms with E-state index in [2.05, 4.69) is 15.9 Å². The van der Waals surface area contributed by atoms with Gasteiger partial charge in [0.05, 0.1) is 10.1 Å². The molecule has 0 spiro atoms. The summed E-state index contributed by atoms with van der Waals surface area (Å²) in [7, 11) is 0. The van der Waals surface area contributed by atoms with Crippen LogP contribution in [0.15, 0.2) is 46.9 Å². The van der Waals surface area contributed by atoms with Crippen LogP contribution in [0.1, 0.15) is 18.1 Å². The van der Waals surface area contributed by atoms with Crippen molar-refractivity contribution in [2.24, 2.45) is 0 Å². The van der Waals surface area contributed by atoms with Crippen molar-refractivity contribution in [3.8, 4) is 0 Å². The predicted octanol–water partition coefficient (Wildman–Crippen LogP) is 4.18. The van der Waals surface area contributed by atoms with Gasteiger partial charge in [0.2, 0.25) is 0 Å². The topological polar surface area (TPSA) is 20.2 Å². The van der Waals surface area contributed by atoms with Crippen molar-refractivity contribution >= 4 is 15.9 Å². The molecule has 1 atom stereocenters. The fourth-order valence-electron chi connectivity index (χ4n) is 1.98. The summed E-state index contributed by atoms with van der Waals surface area (Å²) in [5.74, 6) is -0.788. The fraction of sp³-hybridized carbons (Fsp3) is 0.200. The van der Waals surface area contributed by atoms with Gasteiger partial charge in [-0.3, -0.25) is 0 Å². The van der Waals surface area contributed by atoms with Gasteiger partial charge in [-0.1, -0.05) is 24.3 Å². The quantitative estimate of drug-likeness (QED) is 0.897. The Balaban J connectivity index is 2.33. The number of aliphatic hydroxyl groups is 1. The zero-order valence-corrected chi connectivity index (χ0v) is 11.9. The highest BCUT2D eigenvalue weighted by atomic mass is 79.9. The first-order chi connectivity index (χ1) is 8.90. The molecule has 0 radical (unpaired) electrons. The van der Waals surface area contributed by atoms with Crippen LogP contribution in [-0.2, 0) is 12.0 Å². The van der Waals surface area contributed by atoms with Crippen LogP contribution in [0.5, 0.6) is 0 Å². The van der Waals surface area contributed by atoms with Crippen molar-refractivity contribution < 1.29 is 13.9 Å². The van der Waals surface area contributed by atoms with E-state index in [1.807, 2.05) is 0 Å². The van der Waals surface area contributed by atoms with E-state index < -0.39 is 11.4 Å². The van der Waals surface area contributed by atoms with Crippen LogP contribution in [0.25, 0.3) is 0 Å². The molecule has 0 aliphatic rings. The standard InChI is InChI=1S/C15H13BrF2O/c1-15(19,11-5-3-6-12(17)8-11)9-10-4-2-7-13(18)14(10)16/h2-8,19H,9H2,1H3. The van der Waals surface area contributed by atoms with Gasteiger partial charge in [0, 0.05) is 6.42 Å². The van der Waals surface area contributed by atoms with E-state index in [0.29, 0.717) is 15.6 Å². The second kappa shape index (κ2) is 5.39. The summed E-state index contributed by atoms with van der Waals surface area (Å²) in [6.07, 6.45) is 0.189. The third-order valence-corrected chi connectivity index (χ3v) is 3.90. The van der Waals surface area contributed by atoms with E-state index in [4.69, 9.17) is 0 Å². The lowest BCUT2D eigenvalue weighted by atomic mass is 9.89. The molecule has 4 heteroatoms. The molecule has 1 N–H and O–H groups in total. The van der Waals surface area contributed by atoms with Gasteiger partial charge in [0.25, 0.3) is 0 Å². The van der Waals surface area contributed by atoms with Gasteiger partial charge in [0.15, 0.2) is 0 Å². The van der Waals surface area contributed by atoms with Crippen LogP contribution in [0.3, 0.4) is 0 Å². The molecular weight excluding hydrogens is 314 g/mol. The third kappa shape index (κ3) is 3.19. The van der Waals surface area contributed by atoms with E-state index in [-0.39, 0.29) is 12.2 Å². The Kier molecular flexibility index (Phi) is 4.02. The average Bonchev–Trinajstić information content (AvgIpc) is 2.35. The molecule has 0 aromatic heterocycles. The zero-order chi connectivity index (χ0) is 14.0. The van der Waals surface area contributed by atoms with Crippen molar-refractivity contribution in [1.29, 1.82) is 0 Å². The lowest BCUT2D eigenvalue weighted by molar-refractivity contribution is 0.0570. The van der Waals surface area contributed by atoms with Gasteiger partial charge in [-0.15, -0.1) is 0 Å². The minimum atomic E-state index is -1.27. The molecular formula is C15H13BrF2O. The SMILES string of the molecule is CC(O)(Cc1cccc(F)c1Br)c1cccc(F)c1. The summed E-state index contributed by atoms with van der Waals surface area (Å²) in [4.78, 5) is 0. The molecule has 0 heterocycles. The lowest BCUT2D eigenvalue weighted by Crippen LogP contribution is -2.24. The molecule has 100 valence electrons. The molecule has 2 rings (SSSR count). The maximum absolute atomic E-state index is 13.4. The largest absolute Gasteiger partial charge is 0.385 e. The molecule has 1 nitrogen and oxygen atoms in total. The highest BCUT2D eigenvalue weighted by Gasteiger charge is 2.25. The Morgan fingerprint density at radius 3 is 2.53 bits per heavy atom. The lowest BCUT2D eigenvalue weighted by Gasteiger charge is -2.24. The molecule has 19 heavy (non-hydrogen) atoms. The van der Waals surface area contributed by atoms with E-state index >= 15 is 0 Å². The van der Waals surface area contributed by atoms with Crippen molar-refractivity contribution in [3.63, 3.8) is 0 Å². The van der Waals surface area contributed by atoms with Gasteiger partial charge in [0.1, 0.15) is 11.6 Å². The molecule has 0 aliphatic carbocycles. The Hall–Kier alpha value is -1.26. The Labute approximate surface area is 119 Å². The zero-order valence-electron chi connectivity index (χ0n) is 10.3. The first-order valence-corrected chi connectivity index (χ1v) is 6.61. The summed E-state index contributed by atoms with van der Waals surface area (Å²) in [5.41, 5.74) is -0.170. The number of halogens is 3. The smallest absolute Gasteiger partial charge is 0.137 e. The monoisotopic (exact) mass is 326 g/mol. The number of hydrogen-bond donors (Lipinski definition) is 1. The summed E-state index contributed by atoms with van der Waals surface area (Å²) >= 11 is 3.16. The molecule has 0 amide bonds. The van der Waals surface area contributed by atoms with Crippen LogP contribution >= 0.6 is 15.9 Å². The van der Waals surface area contributed by atoms with Crippen LogP contribution < -0.4 is 0 Å². The third-order valence-electron chi connectivity index (χ3n) is 3.01. The van der Waals surface area contributed by atoms with Gasteiger partial charge in [-0.25, -0.2) is 8.78 Å². The second-order valence-corrected chi connectivity index (χ2v) is 5.47. The summed E-state index contributed by atoms with van der Waals surface area (Å²) < 4.78 is 27.0. The predicted molar refractivity (Wildman–Crippen MR) is 73.8 cm³/mol. The maximum Gasteiger partial charge on any atom is 0.137 e. The summed E-state index contributed by atoms with van der Waals surface area (Å²) in [6, 6.07) is 10.4. The van der Waals surface area contributed by atoms with E-state index in [9.17, 15) is 13.9 Å². The van der Waals surface area contributed by atoms with Gasteiger partial charge < -0.3 is 5.11 Å².